The van der Waals surface area contributed by atoms with Crippen LogP contribution in [0, 0.1) is 0 Å². The lowest BCUT2D eigenvalue weighted by atomic mass is 10.0. The normalized spacial score (nSPS) is 12.9. The van der Waals surface area contributed by atoms with Crippen molar-refractivity contribution in [1.82, 2.24) is 5.32 Å². The van der Waals surface area contributed by atoms with E-state index in [1.807, 2.05) is 78.1 Å². The molecule has 0 aliphatic carbocycles. The molecule has 1 aromatic heterocycles. The zero-order valence-electron chi connectivity index (χ0n) is 15.9. The summed E-state index contributed by atoms with van der Waals surface area (Å²) >= 11 is 0. The van der Waals surface area contributed by atoms with Gasteiger partial charge in [0.05, 0.1) is 12.3 Å². The summed E-state index contributed by atoms with van der Waals surface area (Å²) < 4.78 is 5.56. The summed E-state index contributed by atoms with van der Waals surface area (Å²) in [5, 5.41) is 4.79. The van der Waals surface area contributed by atoms with Crippen LogP contribution in [0.1, 0.15) is 29.9 Å². The van der Waals surface area contributed by atoms with Crippen molar-refractivity contribution >= 4 is 11.7 Å². The van der Waals surface area contributed by atoms with Crippen LogP contribution in [0.25, 0.3) is 0 Å². The van der Waals surface area contributed by atoms with Gasteiger partial charge in [-0.05, 0) is 31.0 Å². The van der Waals surface area contributed by atoms with Crippen LogP contribution < -0.4 is 10.6 Å². The smallest absolute Gasteiger partial charge is 0.275 e. The Bertz CT molecular complexity index is 877. The third kappa shape index (κ3) is 5.41. The lowest BCUT2D eigenvalue weighted by Gasteiger charge is -2.17. The van der Waals surface area contributed by atoms with E-state index in [1.165, 1.54) is 6.92 Å². The molecule has 144 valence electrons. The van der Waals surface area contributed by atoms with E-state index in [2.05, 4.69) is 5.32 Å². The molecule has 3 rings (SSSR count). The van der Waals surface area contributed by atoms with E-state index in [-0.39, 0.29) is 24.3 Å². The minimum Gasteiger partial charge on any atom is -0.463 e. The van der Waals surface area contributed by atoms with Crippen molar-refractivity contribution in [3.63, 3.8) is 0 Å². The molecular weight excluding hydrogens is 352 g/mol. The Kier molecular flexibility index (Phi) is 6.76. The third-order valence-corrected chi connectivity index (χ3v) is 4.66. The highest BCUT2D eigenvalue weighted by Crippen LogP contribution is 2.18. The summed E-state index contributed by atoms with van der Waals surface area (Å²) in [6.45, 7) is 1.70. The standard InChI is InChI=1S/C23H24N2O3/c1-17(26)20(15-18-9-4-2-5-10-18)25-22(27)16-24-23(21-13-8-14-28-21)19-11-6-3-7-12-19/h2-14,20,23-24H,15-16H2,1H3,(H,25,27)/p+1/t20-,23+/m0/s1. The number of Topliss-reactive ketones (excluding diaryl/α,β-unsaturated/α-hetero) is 1. The molecule has 0 aliphatic rings. The number of rotatable bonds is 9. The van der Waals surface area contributed by atoms with Gasteiger partial charge in [-0.3, -0.25) is 9.59 Å². The predicted octanol–water partition coefficient (Wildman–Crippen LogP) is 2.25. The van der Waals surface area contributed by atoms with Gasteiger partial charge < -0.3 is 15.1 Å². The van der Waals surface area contributed by atoms with Crippen LogP contribution in [0.5, 0.6) is 0 Å². The second-order valence-corrected chi connectivity index (χ2v) is 6.76. The highest BCUT2D eigenvalue weighted by Gasteiger charge is 2.23. The summed E-state index contributed by atoms with van der Waals surface area (Å²) in [5.74, 6) is 0.554. The Hall–Kier alpha value is -3.18. The molecule has 1 amide bonds. The molecule has 0 saturated heterocycles. The quantitative estimate of drug-likeness (QED) is 0.601. The van der Waals surface area contributed by atoms with Crippen molar-refractivity contribution in [1.29, 1.82) is 0 Å². The van der Waals surface area contributed by atoms with Crippen LogP contribution in [0.2, 0.25) is 0 Å². The largest absolute Gasteiger partial charge is 0.463 e. The van der Waals surface area contributed by atoms with Gasteiger partial charge in [-0.15, -0.1) is 0 Å². The fourth-order valence-electron chi connectivity index (χ4n) is 3.17. The van der Waals surface area contributed by atoms with Crippen molar-refractivity contribution in [2.45, 2.75) is 25.4 Å². The number of ketones is 1. The fraction of sp³-hybridized carbons (Fsp3) is 0.217. The zero-order valence-corrected chi connectivity index (χ0v) is 15.9. The molecule has 1 heterocycles. The number of quaternary nitrogens is 1. The molecule has 0 bridgehead atoms. The van der Waals surface area contributed by atoms with Gasteiger partial charge in [-0.2, -0.15) is 0 Å². The maximum absolute atomic E-state index is 12.5. The van der Waals surface area contributed by atoms with Crippen LogP contribution in [0.15, 0.2) is 83.5 Å². The number of nitrogens with two attached hydrogens (primary N) is 1. The number of carbonyl (C=O) groups excluding carboxylic acids is 2. The Morgan fingerprint density at radius 1 is 0.964 bits per heavy atom. The topological polar surface area (TPSA) is 75.9 Å². The summed E-state index contributed by atoms with van der Waals surface area (Å²) in [6.07, 6.45) is 2.12. The minimum absolute atomic E-state index is 0.0529. The minimum atomic E-state index is -0.526. The summed E-state index contributed by atoms with van der Waals surface area (Å²) in [7, 11) is 0. The molecule has 0 spiro atoms. The van der Waals surface area contributed by atoms with Crippen molar-refractivity contribution < 1.29 is 19.3 Å². The van der Waals surface area contributed by atoms with Gasteiger partial charge in [0.25, 0.3) is 5.91 Å². The summed E-state index contributed by atoms with van der Waals surface area (Å²) in [5.41, 5.74) is 2.07. The van der Waals surface area contributed by atoms with E-state index in [1.54, 1.807) is 6.26 Å². The van der Waals surface area contributed by atoms with Crippen molar-refractivity contribution in [3.8, 4) is 0 Å². The third-order valence-electron chi connectivity index (χ3n) is 4.66. The van der Waals surface area contributed by atoms with Crippen molar-refractivity contribution in [3.05, 3.63) is 95.9 Å². The molecule has 5 heteroatoms. The highest BCUT2D eigenvalue weighted by molar-refractivity contribution is 5.88. The summed E-state index contributed by atoms with van der Waals surface area (Å²) in [6, 6.07) is 22.7. The number of furan rings is 1. The average Bonchev–Trinajstić information content (AvgIpc) is 3.24. The van der Waals surface area contributed by atoms with Gasteiger partial charge in [-0.25, -0.2) is 0 Å². The molecule has 5 nitrogen and oxygen atoms in total. The Labute approximate surface area is 164 Å². The number of hydrogen-bond donors (Lipinski definition) is 2. The van der Waals surface area contributed by atoms with Crippen molar-refractivity contribution in [2.24, 2.45) is 0 Å². The van der Waals surface area contributed by atoms with Gasteiger partial charge in [-0.1, -0.05) is 60.7 Å². The SMILES string of the molecule is CC(=O)[C@H](Cc1ccccc1)NC(=O)C[NH2+][C@H](c1ccccc1)c1ccco1. The number of hydrogen-bond acceptors (Lipinski definition) is 3. The first kappa shape index (κ1) is 19.6. The molecule has 3 aromatic rings. The van der Waals surface area contributed by atoms with Crippen LogP contribution >= 0.6 is 0 Å². The average molecular weight is 377 g/mol. The molecule has 2 atom stereocenters. The van der Waals surface area contributed by atoms with Gasteiger partial charge >= 0.3 is 0 Å². The molecule has 0 saturated carbocycles. The number of nitrogens with one attached hydrogen (secondary N) is 1. The first-order valence-electron chi connectivity index (χ1n) is 9.39. The molecule has 0 fully saturated rings. The van der Waals surface area contributed by atoms with Gasteiger partial charge in [0.15, 0.2) is 24.1 Å². The summed E-state index contributed by atoms with van der Waals surface area (Å²) in [4.78, 5) is 24.5. The molecular formula is C23H25N2O3+. The molecule has 0 unspecified atom stereocenters. The number of benzene rings is 2. The maximum atomic E-state index is 12.5. The van der Waals surface area contributed by atoms with Crippen LogP contribution in [-0.4, -0.2) is 24.3 Å². The monoisotopic (exact) mass is 377 g/mol. The molecule has 3 N–H and O–H groups in total. The zero-order chi connectivity index (χ0) is 19.8. The number of amides is 1. The van der Waals surface area contributed by atoms with Crippen LogP contribution in [0.4, 0.5) is 0 Å². The van der Waals surface area contributed by atoms with E-state index in [0.29, 0.717) is 6.42 Å². The van der Waals surface area contributed by atoms with E-state index >= 15 is 0 Å². The highest BCUT2D eigenvalue weighted by atomic mass is 16.3. The number of carbonyl (C=O) groups is 2. The Balaban J connectivity index is 1.63. The first-order chi connectivity index (χ1) is 13.6. The van der Waals surface area contributed by atoms with Gasteiger partial charge in [0.2, 0.25) is 0 Å². The van der Waals surface area contributed by atoms with Gasteiger partial charge in [0, 0.05) is 5.56 Å². The second-order valence-electron chi connectivity index (χ2n) is 6.76. The lowest BCUT2D eigenvalue weighted by molar-refractivity contribution is -0.678. The fourth-order valence-corrected chi connectivity index (χ4v) is 3.17. The van der Waals surface area contributed by atoms with Crippen LogP contribution in [0.3, 0.4) is 0 Å². The second kappa shape index (κ2) is 9.67. The maximum Gasteiger partial charge on any atom is 0.275 e. The van der Waals surface area contributed by atoms with E-state index in [9.17, 15) is 9.59 Å². The van der Waals surface area contributed by atoms with E-state index in [0.717, 1.165) is 16.9 Å². The van der Waals surface area contributed by atoms with E-state index in [4.69, 9.17) is 4.42 Å². The molecule has 0 radical (unpaired) electrons. The van der Waals surface area contributed by atoms with Crippen molar-refractivity contribution in [2.75, 3.05) is 6.54 Å². The lowest BCUT2D eigenvalue weighted by Crippen LogP contribution is -2.88. The molecule has 2 aromatic carbocycles. The first-order valence-corrected chi connectivity index (χ1v) is 9.39. The molecule has 0 aliphatic heterocycles. The Morgan fingerprint density at radius 2 is 1.64 bits per heavy atom. The van der Waals surface area contributed by atoms with Gasteiger partial charge in [0.1, 0.15) is 0 Å². The van der Waals surface area contributed by atoms with Crippen LogP contribution in [-0.2, 0) is 16.0 Å². The Morgan fingerprint density at radius 3 is 2.25 bits per heavy atom. The molecule has 28 heavy (non-hydrogen) atoms. The predicted molar refractivity (Wildman–Crippen MR) is 107 cm³/mol. The van der Waals surface area contributed by atoms with E-state index < -0.39 is 6.04 Å².